The van der Waals surface area contributed by atoms with E-state index in [1.807, 2.05) is 0 Å². The molecule has 2 aromatic heterocycles. The smallest absolute Gasteiger partial charge is 0.255 e. The van der Waals surface area contributed by atoms with Crippen LogP contribution in [0.5, 0.6) is 5.88 Å². The Morgan fingerprint density at radius 1 is 1.31 bits per heavy atom. The number of methoxy groups -OCH3 is 1. The Hall–Kier alpha value is -2.75. The molecule has 2 heterocycles. The third kappa shape index (κ3) is 6.38. The van der Waals surface area contributed by atoms with Crippen molar-refractivity contribution in [1.82, 2.24) is 25.1 Å². The third-order valence-electron chi connectivity index (χ3n) is 4.84. The van der Waals surface area contributed by atoms with Gasteiger partial charge in [0.2, 0.25) is 17.7 Å². The van der Waals surface area contributed by atoms with Gasteiger partial charge in [-0.2, -0.15) is 14.5 Å². The van der Waals surface area contributed by atoms with Crippen molar-refractivity contribution in [1.29, 1.82) is 0 Å². The highest BCUT2D eigenvalue weighted by atomic mass is 19.1. The first-order valence-corrected chi connectivity index (χ1v) is 9.74. The maximum atomic E-state index is 14.1. The maximum Gasteiger partial charge on any atom is 0.255 e. The first kappa shape index (κ1) is 21.0. The SMILES string of the molecule is COCCn1cc(Nc2ncc(F)c(OC[C@H]3CC[C@H](NC(C)=O)CC3)n2)cn1. The molecular weight excluding hydrogens is 379 g/mol. The molecular formula is C19H27FN6O3. The minimum Gasteiger partial charge on any atom is -0.475 e. The molecule has 3 rings (SSSR count). The summed E-state index contributed by atoms with van der Waals surface area (Å²) in [4.78, 5) is 19.2. The molecule has 2 N–H and O–H groups in total. The van der Waals surface area contributed by atoms with E-state index in [9.17, 15) is 9.18 Å². The van der Waals surface area contributed by atoms with Gasteiger partial charge >= 0.3 is 0 Å². The predicted octanol–water partition coefficient (Wildman–Crippen LogP) is 2.28. The number of amides is 1. The molecule has 2 aromatic rings. The highest BCUT2D eigenvalue weighted by molar-refractivity contribution is 5.73. The monoisotopic (exact) mass is 406 g/mol. The van der Waals surface area contributed by atoms with Crippen molar-refractivity contribution in [2.24, 2.45) is 5.92 Å². The summed E-state index contributed by atoms with van der Waals surface area (Å²) in [6.45, 7) is 3.10. The number of anilines is 2. The van der Waals surface area contributed by atoms with E-state index in [0.717, 1.165) is 31.9 Å². The molecule has 0 unspecified atom stereocenters. The topological polar surface area (TPSA) is 103 Å². The van der Waals surface area contributed by atoms with Crippen molar-refractivity contribution in [2.75, 3.05) is 25.6 Å². The summed E-state index contributed by atoms with van der Waals surface area (Å²) in [6, 6.07) is 0.222. The van der Waals surface area contributed by atoms with Gasteiger partial charge in [0.25, 0.3) is 5.88 Å². The summed E-state index contributed by atoms with van der Waals surface area (Å²) < 4.78 is 26.4. The number of hydrogen-bond acceptors (Lipinski definition) is 7. The van der Waals surface area contributed by atoms with Crippen LogP contribution in [0.2, 0.25) is 0 Å². The van der Waals surface area contributed by atoms with Gasteiger partial charge in [-0.15, -0.1) is 0 Å². The van der Waals surface area contributed by atoms with Crippen LogP contribution in [0.4, 0.5) is 16.0 Å². The van der Waals surface area contributed by atoms with Crippen LogP contribution in [0.1, 0.15) is 32.6 Å². The van der Waals surface area contributed by atoms with E-state index in [1.54, 1.807) is 24.2 Å². The molecule has 0 aliphatic heterocycles. The molecule has 0 spiro atoms. The molecule has 0 saturated heterocycles. The lowest BCUT2D eigenvalue weighted by atomic mass is 9.86. The number of ether oxygens (including phenoxy) is 2. The standard InChI is InChI=1S/C19H27FN6O3/c1-13(27)23-15-5-3-14(4-6-15)12-29-18-17(20)10-21-19(25-18)24-16-9-22-26(11-16)7-8-28-2/h9-11,14-15H,3-8,12H2,1-2H3,(H,23,27)(H,21,24,25)/t14-,15-. The van der Waals surface area contributed by atoms with Gasteiger partial charge in [0, 0.05) is 26.3 Å². The molecule has 158 valence electrons. The van der Waals surface area contributed by atoms with E-state index in [1.165, 1.54) is 6.92 Å². The van der Waals surface area contributed by atoms with Crippen LogP contribution in [-0.4, -0.2) is 52.0 Å². The first-order valence-electron chi connectivity index (χ1n) is 9.74. The summed E-state index contributed by atoms with van der Waals surface area (Å²) in [6.07, 6.45) is 8.16. The van der Waals surface area contributed by atoms with Gasteiger partial charge in [0.1, 0.15) is 0 Å². The Morgan fingerprint density at radius 3 is 2.83 bits per heavy atom. The second kappa shape index (κ2) is 10.1. The summed E-state index contributed by atoms with van der Waals surface area (Å²) in [5.41, 5.74) is 0.690. The van der Waals surface area contributed by atoms with Gasteiger partial charge in [0.15, 0.2) is 0 Å². The number of hydrogen-bond donors (Lipinski definition) is 2. The lowest BCUT2D eigenvalue weighted by Crippen LogP contribution is -2.37. The summed E-state index contributed by atoms with van der Waals surface area (Å²) in [7, 11) is 1.63. The Kier molecular flexibility index (Phi) is 7.34. The molecule has 1 aliphatic rings. The van der Waals surface area contributed by atoms with Crippen LogP contribution < -0.4 is 15.4 Å². The van der Waals surface area contributed by atoms with Crippen molar-refractivity contribution in [3.8, 4) is 5.88 Å². The molecule has 0 aromatic carbocycles. The Labute approximate surface area is 169 Å². The molecule has 29 heavy (non-hydrogen) atoms. The van der Waals surface area contributed by atoms with Gasteiger partial charge in [-0.3, -0.25) is 9.48 Å². The van der Waals surface area contributed by atoms with Crippen LogP contribution in [0.3, 0.4) is 0 Å². The van der Waals surface area contributed by atoms with Crippen molar-refractivity contribution in [2.45, 2.75) is 45.2 Å². The second-order valence-electron chi connectivity index (χ2n) is 7.19. The number of aromatic nitrogens is 4. The van der Waals surface area contributed by atoms with Gasteiger partial charge in [0.05, 0.1) is 37.8 Å². The van der Waals surface area contributed by atoms with Crippen LogP contribution in [0.15, 0.2) is 18.6 Å². The Balaban J connectivity index is 1.51. The maximum absolute atomic E-state index is 14.1. The molecule has 0 radical (unpaired) electrons. The number of nitrogens with zero attached hydrogens (tertiary/aromatic N) is 4. The van der Waals surface area contributed by atoms with E-state index >= 15 is 0 Å². The van der Waals surface area contributed by atoms with Gasteiger partial charge in [-0.25, -0.2) is 4.98 Å². The quantitative estimate of drug-likeness (QED) is 0.658. The lowest BCUT2D eigenvalue weighted by molar-refractivity contribution is -0.119. The summed E-state index contributed by atoms with van der Waals surface area (Å²) in [5, 5.41) is 10.1. The van der Waals surface area contributed by atoms with Crippen LogP contribution >= 0.6 is 0 Å². The van der Waals surface area contributed by atoms with Gasteiger partial charge < -0.3 is 20.1 Å². The number of halogens is 1. The van der Waals surface area contributed by atoms with E-state index in [0.29, 0.717) is 31.4 Å². The van der Waals surface area contributed by atoms with Crippen molar-refractivity contribution >= 4 is 17.5 Å². The molecule has 0 atom stereocenters. The molecule has 1 aliphatic carbocycles. The molecule has 10 heteroatoms. The van der Waals surface area contributed by atoms with E-state index < -0.39 is 5.82 Å². The average molecular weight is 406 g/mol. The predicted molar refractivity (Wildman–Crippen MR) is 104 cm³/mol. The highest BCUT2D eigenvalue weighted by Crippen LogP contribution is 2.26. The van der Waals surface area contributed by atoms with Gasteiger partial charge in [-0.1, -0.05) is 0 Å². The van der Waals surface area contributed by atoms with Gasteiger partial charge in [-0.05, 0) is 31.6 Å². The van der Waals surface area contributed by atoms with Crippen molar-refractivity contribution in [3.63, 3.8) is 0 Å². The zero-order valence-electron chi connectivity index (χ0n) is 16.7. The molecule has 0 bridgehead atoms. The fraction of sp³-hybridized carbons (Fsp3) is 0.579. The molecule has 9 nitrogen and oxygen atoms in total. The zero-order chi connectivity index (χ0) is 20.6. The van der Waals surface area contributed by atoms with Crippen LogP contribution in [0, 0.1) is 11.7 Å². The summed E-state index contributed by atoms with van der Waals surface area (Å²) >= 11 is 0. The Bertz CT molecular complexity index is 807. The second-order valence-corrected chi connectivity index (χ2v) is 7.19. The normalized spacial score (nSPS) is 19.0. The number of carbonyl (C=O) groups excluding carboxylic acids is 1. The van der Waals surface area contributed by atoms with E-state index in [-0.39, 0.29) is 23.8 Å². The summed E-state index contributed by atoms with van der Waals surface area (Å²) in [5.74, 6) is -0.125. The molecule has 1 saturated carbocycles. The van der Waals surface area contributed by atoms with Crippen LogP contribution in [0.25, 0.3) is 0 Å². The fourth-order valence-corrected chi connectivity index (χ4v) is 3.33. The largest absolute Gasteiger partial charge is 0.475 e. The van der Waals surface area contributed by atoms with Crippen molar-refractivity contribution < 1.29 is 18.7 Å². The fourth-order valence-electron chi connectivity index (χ4n) is 3.33. The zero-order valence-corrected chi connectivity index (χ0v) is 16.7. The lowest BCUT2D eigenvalue weighted by Gasteiger charge is -2.28. The average Bonchev–Trinajstić information content (AvgIpc) is 3.14. The number of carbonyl (C=O) groups is 1. The van der Waals surface area contributed by atoms with Crippen molar-refractivity contribution in [3.05, 3.63) is 24.4 Å². The minimum atomic E-state index is -0.599. The Morgan fingerprint density at radius 2 is 2.10 bits per heavy atom. The minimum absolute atomic E-state index is 0.00275. The highest BCUT2D eigenvalue weighted by Gasteiger charge is 2.22. The van der Waals surface area contributed by atoms with E-state index in [4.69, 9.17) is 9.47 Å². The molecule has 1 fully saturated rings. The number of nitrogens with one attached hydrogen (secondary N) is 2. The molecule has 1 amide bonds. The number of rotatable bonds is 9. The van der Waals surface area contributed by atoms with E-state index in [2.05, 4.69) is 25.7 Å². The first-order chi connectivity index (χ1) is 14.0. The van der Waals surface area contributed by atoms with Crippen LogP contribution in [-0.2, 0) is 16.1 Å². The third-order valence-corrected chi connectivity index (χ3v) is 4.84.